The van der Waals surface area contributed by atoms with Gasteiger partial charge in [0, 0.05) is 31.8 Å². The number of aromatic nitrogens is 2. The van der Waals surface area contributed by atoms with E-state index in [9.17, 15) is 4.79 Å². The van der Waals surface area contributed by atoms with Gasteiger partial charge in [-0.3, -0.25) is 9.48 Å². The van der Waals surface area contributed by atoms with Crippen LogP contribution in [0.2, 0.25) is 0 Å². The molecule has 0 aliphatic carbocycles. The maximum absolute atomic E-state index is 12.4. The largest absolute Gasteiger partial charge is 0.336 e. The number of amides is 1. The molecule has 1 fully saturated rings. The van der Waals surface area contributed by atoms with E-state index >= 15 is 0 Å². The van der Waals surface area contributed by atoms with Crippen LogP contribution in [0.1, 0.15) is 36.4 Å². The lowest BCUT2D eigenvalue weighted by Crippen LogP contribution is -2.30. The molecule has 1 amide bonds. The lowest BCUT2D eigenvalue weighted by atomic mass is 10.1. The molecule has 0 radical (unpaired) electrons. The van der Waals surface area contributed by atoms with E-state index in [2.05, 4.69) is 21.9 Å². The van der Waals surface area contributed by atoms with E-state index in [4.69, 9.17) is 0 Å². The smallest absolute Gasteiger partial charge is 0.223 e. The fourth-order valence-corrected chi connectivity index (χ4v) is 3.56. The van der Waals surface area contributed by atoms with Crippen molar-refractivity contribution in [3.63, 3.8) is 0 Å². The summed E-state index contributed by atoms with van der Waals surface area (Å²) >= 11 is 1.69. The monoisotopic (exact) mass is 289 g/mol. The van der Waals surface area contributed by atoms with Gasteiger partial charge in [0.2, 0.25) is 5.91 Å². The van der Waals surface area contributed by atoms with Crippen LogP contribution >= 0.6 is 11.3 Å². The molecule has 106 valence electrons. The number of likely N-dealkylation sites (tertiary alicyclic amines) is 1. The Kier molecular flexibility index (Phi) is 3.87. The Bertz CT molecular complexity index is 576. The van der Waals surface area contributed by atoms with Gasteiger partial charge in [0.1, 0.15) is 0 Å². The summed E-state index contributed by atoms with van der Waals surface area (Å²) in [4.78, 5) is 14.5. The van der Waals surface area contributed by atoms with Gasteiger partial charge in [-0.1, -0.05) is 0 Å². The first-order valence-corrected chi connectivity index (χ1v) is 7.97. The Labute approximate surface area is 123 Å². The highest BCUT2D eigenvalue weighted by atomic mass is 32.1. The Morgan fingerprint density at radius 2 is 2.45 bits per heavy atom. The fourth-order valence-electron chi connectivity index (χ4n) is 2.85. The SMILES string of the molecule is Cn1cc([C@H]2CCCN2C(=O)CCc2ccsc2)cn1. The molecule has 20 heavy (non-hydrogen) atoms. The number of rotatable bonds is 4. The molecule has 0 saturated carbocycles. The highest BCUT2D eigenvalue weighted by molar-refractivity contribution is 7.07. The normalized spacial score (nSPS) is 18.6. The molecular formula is C15H19N3OS. The van der Waals surface area contributed by atoms with E-state index in [1.807, 2.05) is 29.0 Å². The summed E-state index contributed by atoms with van der Waals surface area (Å²) in [6, 6.07) is 2.32. The number of nitrogens with zero attached hydrogens (tertiary/aromatic N) is 3. The average molecular weight is 289 g/mol. The molecule has 1 atom stereocenters. The summed E-state index contributed by atoms with van der Waals surface area (Å²) in [7, 11) is 1.92. The maximum atomic E-state index is 12.4. The van der Waals surface area contributed by atoms with Crippen molar-refractivity contribution in [3.05, 3.63) is 40.3 Å². The van der Waals surface area contributed by atoms with Crippen LogP contribution in [-0.2, 0) is 18.3 Å². The standard InChI is InChI=1S/C15H19N3OS/c1-17-10-13(9-16-17)14-3-2-7-18(14)15(19)5-4-12-6-8-20-11-12/h6,8-11,14H,2-5,7H2,1H3/t14-/m1/s1. The van der Waals surface area contributed by atoms with Crippen molar-refractivity contribution in [2.24, 2.45) is 7.05 Å². The molecule has 0 aromatic carbocycles. The van der Waals surface area contributed by atoms with Gasteiger partial charge >= 0.3 is 0 Å². The minimum Gasteiger partial charge on any atom is -0.336 e. The lowest BCUT2D eigenvalue weighted by molar-refractivity contribution is -0.132. The van der Waals surface area contributed by atoms with E-state index in [0.29, 0.717) is 6.42 Å². The van der Waals surface area contributed by atoms with Crippen LogP contribution in [0.25, 0.3) is 0 Å². The number of aryl methyl sites for hydroxylation is 2. The quantitative estimate of drug-likeness (QED) is 0.868. The van der Waals surface area contributed by atoms with Crippen molar-refractivity contribution < 1.29 is 4.79 Å². The number of carbonyl (C=O) groups is 1. The average Bonchev–Trinajstić information content (AvgIpc) is 3.16. The summed E-state index contributed by atoms with van der Waals surface area (Å²) in [5, 5.41) is 8.41. The second kappa shape index (κ2) is 5.79. The number of hydrogen-bond acceptors (Lipinski definition) is 3. The zero-order chi connectivity index (χ0) is 13.9. The minimum atomic E-state index is 0.221. The van der Waals surface area contributed by atoms with Crippen molar-refractivity contribution in [3.8, 4) is 0 Å². The van der Waals surface area contributed by atoms with Gasteiger partial charge < -0.3 is 4.90 Å². The molecule has 3 rings (SSSR count). The molecule has 0 bridgehead atoms. The van der Waals surface area contributed by atoms with Crippen LogP contribution < -0.4 is 0 Å². The number of hydrogen-bond donors (Lipinski definition) is 0. The highest BCUT2D eigenvalue weighted by Gasteiger charge is 2.30. The Morgan fingerprint density at radius 3 is 3.15 bits per heavy atom. The van der Waals surface area contributed by atoms with Crippen molar-refractivity contribution in [2.75, 3.05) is 6.54 Å². The van der Waals surface area contributed by atoms with Gasteiger partial charge in [-0.2, -0.15) is 16.4 Å². The third-order valence-corrected chi connectivity index (χ3v) is 4.62. The van der Waals surface area contributed by atoms with Crippen molar-refractivity contribution in [2.45, 2.75) is 31.7 Å². The van der Waals surface area contributed by atoms with Crippen LogP contribution in [0.5, 0.6) is 0 Å². The first-order chi connectivity index (χ1) is 9.74. The van der Waals surface area contributed by atoms with Crippen LogP contribution in [0, 0.1) is 0 Å². The van der Waals surface area contributed by atoms with Crippen LogP contribution in [0.15, 0.2) is 29.2 Å². The predicted molar refractivity (Wildman–Crippen MR) is 79.5 cm³/mol. The Balaban J connectivity index is 1.64. The van der Waals surface area contributed by atoms with Crippen LogP contribution in [0.3, 0.4) is 0 Å². The molecule has 4 nitrogen and oxygen atoms in total. The highest BCUT2D eigenvalue weighted by Crippen LogP contribution is 2.32. The molecule has 0 spiro atoms. The van der Waals surface area contributed by atoms with Crippen molar-refractivity contribution in [1.82, 2.24) is 14.7 Å². The van der Waals surface area contributed by atoms with Crippen molar-refractivity contribution >= 4 is 17.2 Å². The molecule has 1 saturated heterocycles. The summed E-state index contributed by atoms with van der Waals surface area (Å²) < 4.78 is 1.81. The molecule has 5 heteroatoms. The second-order valence-corrected chi connectivity index (χ2v) is 6.10. The molecule has 2 aromatic rings. The third-order valence-electron chi connectivity index (χ3n) is 3.89. The summed E-state index contributed by atoms with van der Waals surface area (Å²) in [5.74, 6) is 0.266. The fraction of sp³-hybridized carbons (Fsp3) is 0.467. The Morgan fingerprint density at radius 1 is 1.55 bits per heavy atom. The van der Waals surface area contributed by atoms with Gasteiger partial charge in [0.15, 0.2) is 0 Å². The molecule has 0 unspecified atom stereocenters. The molecule has 1 aliphatic rings. The van der Waals surface area contributed by atoms with Gasteiger partial charge in [-0.25, -0.2) is 0 Å². The summed E-state index contributed by atoms with van der Waals surface area (Å²) in [6.45, 7) is 0.877. The van der Waals surface area contributed by atoms with E-state index in [-0.39, 0.29) is 11.9 Å². The number of carbonyl (C=O) groups excluding carboxylic acids is 1. The minimum absolute atomic E-state index is 0.221. The van der Waals surface area contributed by atoms with Crippen LogP contribution in [-0.4, -0.2) is 27.1 Å². The van der Waals surface area contributed by atoms with E-state index < -0.39 is 0 Å². The molecule has 1 aliphatic heterocycles. The van der Waals surface area contributed by atoms with E-state index in [0.717, 1.165) is 31.4 Å². The second-order valence-electron chi connectivity index (χ2n) is 5.32. The topological polar surface area (TPSA) is 38.1 Å². The predicted octanol–water partition coefficient (Wildman–Crippen LogP) is 2.78. The third kappa shape index (κ3) is 2.77. The summed E-state index contributed by atoms with van der Waals surface area (Å²) in [5.41, 5.74) is 2.43. The van der Waals surface area contributed by atoms with Gasteiger partial charge in [-0.05, 0) is 41.7 Å². The first kappa shape index (κ1) is 13.4. The van der Waals surface area contributed by atoms with Gasteiger partial charge in [0.25, 0.3) is 0 Å². The maximum Gasteiger partial charge on any atom is 0.223 e. The summed E-state index contributed by atoms with van der Waals surface area (Å²) in [6.07, 6.45) is 7.50. The lowest BCUT2D eigenvalue weighted by Gasteiger charge is -2.24. The first-order valence-electron chi connectivity index (χ1n) is 7.03. The molecule has 2 aromatic heterocycles. The van der Waals surface area contributed by atoms with Gasteiger partial charge in [0.05, 0.1) is 12.2 Å². The number of thiophene rings is 1. The van der Waals surface area contributed by atoms with Crippen molar-refractivity contribution in [1.29, 1.82) is 0 Å². The molecule has 0 N–H and O–H groups in total. The van der Waals surface area contributed by atoms with Gasteiger partial charge in [-0.15, -0.1) is 0 Å². The van der Waals surface area contributed by atoms with Crippen LogP contribution in [0.4, 0.5) is 0 Å². The molecule has 3 heterocycles. The van der Waals surface area contributed by atoms with E-state index in [1.54, 1.807) is 11.3 Å². The Hall–Kier alpha value is -1.62. The van der Waals surface area contributed by atoms with E-state index in [1.165, 1.54) is 5.56 Å². The zero-order valence-electron chi connectivity index (χ0n) is 11.7. The molecular weight excluding hydrogens is 270 g/mol. The zero-order valence-corrected chi connectivity index (χ0v) is 12.5.